The quantitative estimate of drug-likeness (QED) is 0.639. The molecule has 0 radical (unpaired) electrons. The molecule has 0 heterocycles. The normalized spacial score (nSPS) is 15.2. The lowest BCUT2D eigenvalue weighted by Crippen LogP contribution is -2.38. The summed E-state index contributed by atoms with van der Waals surface area (Å²) in [7, 11) is 2.02. The van der Waals surface area contributed by atoms with Gasteiger partial charge in [-0.1, -0.05) is 25.0 Å². The first kappa shape index (κ1) is 14.8. The third-order valence-electron chi connectivity index (χ3n) is 3.53. The molecule has 1 aliphatic carbocycles. The monoisotopic (exact) mass is 277 g/mol. The summed E-state index contributed by atoms with van der Waals surface area (Å²) >= 11 is 0. The third-order valence-corrected chi connectivity index (χ3v) is 3.53. The van der Waals surface area contributed by atoms with Crippen LogP contribution in [0.5, 0.6) is 0 Å². The smallest absolute Gasteiger partial charge is 0.193 e. The molecule has 2 rings (SSSR count). The van der Waals surface area contributed by atoms with Gasteiger partial charge in [-0.15, -0.1) is 0 Å². The Morgan fingerprint density at radius 2 is 2.05 bits per heavy atom. The average molecular weight is 277 g/mol. The van der Waals surface area contributed by atoms with E-state index in [1.165, 1.54) is 31.4 Å². The molecule has 1 saturated carbocycles. The number of hydrogen-bond donors (Lipinski definition) is 1. The molecule has 20 heavy (non-hydrogen) atoms. The first-order valence-corrected chi connectivity index (χ1v) is 7.43. The van der Waals surface area contributed by atoms with Gasteiger partial charge in [0.15, 0.2) is 5.96 Å². The Morgan fingerprint density at radius 1 is 1.35 bits per heavy atom. The standard InChI is InChI=1S/C16H24FN3/c1-3-18-16(19-11-10-13-4-5-13)20(2)12-14-6-8-15(17)9-7-14/h6-9,13H,3-5,10-12H2,1-2H3,(H,18,19). The number of benzene rings is 1. The van der Waals surface area contributed by atoms with Crippen LogP contribution in [0.3, 0.4) is 0 Å². The van der Waals surface area contributed by atoms with Gasteiger partial charge < -0.3 is 10.2 Å². The lowest BCUT2D eigenvalue weighted by Gasteiger charge is -2.22. The summed E-state index contributed by atoms with van der Waals surface area (Å²) in [5.41, 5.74) is 1.08. The minimum absolute atomic E-state index is 0.193. The summed E-state index contributed by atoms with van der Waals surface area (Å²) in [6.07, 6.45) is 3.94. The fourth-order valence-electron chi connectivity index (χ4n) is 2.17. The average Bonchev–Trinajstić information content (AvgIpc) is 3.24. The van der Waals surface area contributed by atoms with Gasteiger partial charge in [-0.2, -0.15) is 0 Å². The molecule has 0 spiro atoms. The fraction of sp³-hybridized carbons (Fsp3) is 0.562. The SMILES string of the molecule is CCNC(=NCCC1CC1)N(C)Cc1ccc(F)cc1. The summed E-state index contributed by atoms with van der Waals surface area (Å²) in [6.45, 7) is 4.55. The minimum atomic E-state index is -0.193. The van der Waals surface area contributed by atoms with E-state index in [-0.39, 0.29) is 5.82 Å². The van der Waals surface area contributed by atoms with E-state index in [0.29, 0.717) is 0 Å². The summed E-state index contributed by atoms with van der Waals surface area (Å²) in [4.78, 5) is 6.75. The maximum absolute atomic E-state index is 12.9. The maximum Gasteiger partial charge on any atom is 0.193 e. The van der Waals surface area contributed by atoms with Gasteiger partial charge in [0.1, 0.15) is 5.82 Å². The fourth-order valence-corrected chi connectivity index (χ4v) is 2.17. The van der Waals surface area contributed by atoms with Gasteiger partial charge >= 0.3 is 0 Å². The largest absolute Gasteiger partial charge is 0.357 e. The third kappa shape index (κ3) is 4.83. The number of nitrogens with one attached hydrogen (secondary N) is 1. The number of hydrogen-bond acceptors (Lipinski definition) is 1. The lowest BCUT2D eigenvalue weighted by atomic mass is 10.2. The predicted octanol–water partition coefficient (Wildman–Crippen LogP) is 3.02. The van der Waals surface area contributed by atoms with Crippen molar-refractivity contribution in [1.82, 2.24) is 10.2 Å². The zero-order valence-electron chi connectivity index (χ0n) is 12.4. The van der Waals surface area contributed by atoms with Crippen LogP contribution in [0.2, 0.25) is 0 Å². The van der Waals surface area contributed by atoms with Crippen LogP contribution < -0.4 is 5.32 Å². The van der Waals surface area contributed by atoms with E-state index in [0.717, 1.165) is 37.1 Å². The van der Waals surface area contributed by atoms with Gasteiger partial charge in [-0.25, -0.2) is 4.39 Å². The molecule has 0 saturated heterocycles. The Labute approximate surface area is 120 Å². The van der Waals surface area contributed by atoms with Crippen LogP contribution in [-0.4, -0.2) is 31.0 Å². The number of guanidine groups is 1. The molecule has 1 aliphatic rings. The molecule has 0 amide bonds. The zero-order valence-corrected chi connectivity index (χ0v) is 12.4. The van der Waals surface area contributed by atoms with Crippen molar-refractivity contribution in [2.24, 2.45) is 10.9 Å². The van der Waals surface area contributed by atoms with Gasteiger partial charge in [0.25, 0.3) is 0 Å². The van der Waals surface area contributed by atoms with Gasteiger partial charge in [-0.05, 0) is 37.0 Å². The van der Waals surface area contributed by atoms with E-state index in [1.54, 1.807) is 0 Å². The van der Waals surface area contributed by atoms with Crippen LogP contribution >= 0.6 is 0 Å². The molecule has 1 aromatic rings. The molecule has 1 fully saturated rings. The molecular weight excluding hydrogens is 253 g/mol. The molecule has 1 N–H and O–H groups in total. The van der Waals surface area contributed by atoms with Crippen LogP contribution in [0.1, 0.15) is 31.7 Å². The van der Waals surface area contributed by atoms with Crippen LogP contribution in [0.15, 0.2) is 29.3 Å². The molecular formula is C16H24FN3. The molecule has 0 atom stereocenters. The highest BCUT2D eigenvalue weighted by Gasteiger charge is 2.20. The molecule has 0 bridgehead atoms. The summed E-state index contributed by atoms with van der Waals surface area (Å²) in [5, 5.41) is 3.31. The van der Waals surface area contributed by atoms with Gasteiger partial charge in [0, 0.05) is 26.7 Å². The maximum atomic E-state index is 12.9. The van der Waals surface area contributed by atoms with Crippen LogP contribution in [0.4, 0.5) is 4.39 Å². The van der Waals surface area contributed by atoms with E-state index in [1.807, 2.05) is 19.2 Å². The Hall–Kier alpha value is -1.58. The van der Waals surface area contributed by atoms with Gasteiger partial charge in [0.05, 0.1) is 0 Å². The Kier molecular flexibility index (Phi) is 5.39. The highest BCUT2D eigenvalue weighted by atomic mass is 19.1. The Balaban J connectivity index is 1.90. The summed E-state index contributed by atoms with van der Waals surface area (Å²) < 4.78 is 12.9. The molecule has 0 aliphatic heterocycles. The first-order chi connectivity index (χ1) is 9.69. The highest BCUT2D eigenvalue weighted by molar-refractivity contribution is 5.79. The second-order valence-electron chi connectivity index (χ2n) is 5.45. The molecule has 4 heteroatoms. The van der Waals surface area contributed by atoms with Crippen molar-refractivity contribution in [1.29, 1.82) is 0 Å². The minimum Gasteiger partial charge on any atom is -0.357 e. The number of rotatable bonds is 6. The van der Waals surface area contributed by atoms with Crippen molar-refractivity contribution in [3.63, 3.8) is 0 Å². The van der Waals surface area contributed by atoms with E-state index in [4.69, 9.17) is 0 Å². The van der Waals surface area contributed by atoms with Crippen molar-refractivity contribution in [3.05, 3.63) is 35.6 Å². The van der Waals surface area contributed by atoms with E-state index in [9.17, 15) is 4.39 Å². The van der Waals surface area contributed by atoms with Gasteiger partial charge in [0.2, 0.25) is 0 Å². The molecule has 0 aromatic heterocycles. The Morgan fingerprint density at radius 3 is 2.65 bits per heavy atom. The summed E-state index contributed by atoms with van der Waals surface area (Å²) in [5.74, 6) is 1.64. The summed E-state index contributed by atoms with van der Waals surface area (Å²) in [6, 6.07) is 6.64. The molecule has 110 valence electrons. The molecule has 1 aromatic carbocycles. The Bertz CT molecular complexity index is 438. The number of nitrogens with zero attached hydrogens (tertiary/aromatic N) is 2. The van der Waals surface area contributed by atoms with Crippen molar-refractivity contribution in [3.8, 4) is 0 Å². The highest BCUT2D eigenvalue weighted by Crippen LogP contribution is 2.32. The van der Waals surface area contributed by atoms with E-state index in [2.05, 4.69) is 22.1 Å². The zero-order chi connectivity index (χ0) is 14.4. The van der Waals surface area contributed by atoms with E-state index < -0.39 is 0 Å². The van der Waals surface area contributed by atoms with Crippen LogP contribution in [-0.2, 0) is 6.54 Å². The number of halogens is 1. The second-order valence-corrected chi connectivity index (χ2v) is 5.45. The van der Waals surface area contributed by atoms with Crippen molar-refractivity contribution in [2.75, 3.05) is 20.1 Å². The van der Waals surface area contributed by atoms with Crippen molar-refractivity contribution < 1.29 is 4.39 Å². The number of aliphatic imine (C=N–C) groups is 1. The van der Waals surface area contributed by atoms with Crippen LogP contribution in [0, 0.1) is 11.7 Å². The lowest BCUT2D eigenvalue weighted by molar-refractivity contribution is 0.475. The second kappa shape index (κ2) is 7.27. The predicted molar refractivity (Wildman–Crippen MR) is 81.2 cm³/mol. The van der Waals surface area contributed by atoms with Gasteiger partial charge in [-0.3, -0.25) is 4.99 Å². The molecule has 0 unspecified atom stereocenters. The van der Waals surface area contributed by atoms with Crippen molar-refractivity contribution >= 4 is 5.96 Å². The van der Waals surface area contributed by atoms with Crippen LogP contribution in [0.25, 0.3) is 0 Å². The topological polar surface area (TPSA) is 27.6 Å². The van der Waals surface area contributed by atoms with Crippen molar-refractivity contribution in [2.45, 2.75) is 32.7 Å². The molecule has 3 nitrogen and oxygen atoms in total. The first-order valence-electron chi connectivity index (χ1n) is 7.43. The van der Waals surface area contributed by atoms with E-state index >= 15 is 0 Å².